The van der Waals surface area contributed by atoms with Crippen molar-refractivity contribution in [1.82, 2.24) is 5.32 Å². The zero-order valence-electron chi connectivity index (χ0n) is 8.63. The predicted octanol–water partition coefficient (Wildman–Crippen LogP) is 1.50. The van der Waals surface area contributed by atoms with Crippen molar-refractivity contribution in [3.8, 4) is 0 Å². The Morgan fingerprint density at radius 3 is 2.77 bits per heavy atom. The van der Waals surface area contributed by atoms with Gasteiger partial charge in [0.05, 0.1) is 0 Å². The number of hydrogen-bond acceptors (Lipinski definition) is 2. The number of rotatable bonds is 6. The van der Waals surface area contributed by atoms with Gasteiger partial charge in [0.1, 0.15) is 0 Å². The van der Waals surface area contributed by atoms with Crippen LogP contribution >= 0.6 is 0 Å². The van der Waals surface area contributed by atoms with E-state index in [1.54, 1.807) is 0 Å². The van der Waals surface area contributed by atoms with E-state index in [1.165, 1.54) is 32.1 Å². The van der Waals surface area contributed by atoms with E-state index in [9.17, 15) is 0 Å². The second-order valence-electron chi connectivity index (χ2n) is 4.75. The average Bonchev–Trinajstić information content (AvgIpc) is 3.00. The molecule has 2 nitrogen and oxygen atoms in total. The first-order valence-corrected chi connectivity index (χ1v) is 5.80. The fourth-order valence-corrected chi connectivity index (χ4v) is 2.14. The van der Waals surface area contributed by atoms with Crippen molar-refractivity contribution >= 4 is 0 Å². The molecule has 0 aliphatic heterocycles. The van der Waals surface area contributed by atoms with Gasteiger partial charge in [-0.05, 0) is 44.1 Å². The fraction of sp³-hybridized carbons (Fsp3) is 1.00. The highest BCUT2D eigenvalue weighted by molar-refractivity contribution is 4.92. The first kappa shape index (κ1) is 9.47. The van der Waals surface area contributed by atoms with Crippen molar-refractivity contribution < 1.29 is 0 Å². The maximum atomic E-state index is 6.01. The molecule has 3 atom stereocenters. The lowest BCUT2D eigenvalue weighted by molar-refractivity contribution is 0.507. The van der Waals surface area contributed by atoms with Gasteiger partial charge in [0.25, 0.3) is 0 Å². The van der Waals surface area contributed by atoms with Gasteiger partial charge in [-0.2, -0.15) is 0 Å². The molecule has 2 rings (SSSR count). The molecule has 2 fully saturated rings. The lowest BCUT2D eigenvalue weighted by Crippen LogP contribution is -2.29. The Hall–Kier alpha value is -0.0800. The quantitative estimate of drug-likeness (QED) is 0.653. The molecule has 2 saturated carbocycles. The average molecular weight is 182 g/mol. The van der Waals surface area contributed by atoms with E-state index in [2.05, 4.69) is 12.2 Å². The number of nitrogens with one attached hydrogen (secondary N) is 1. The summed E-state index contributed by atoms with van der Waals surface area (Å²) in [4.78, 5) is 0. The third kappa shape index (κ3) is 2.68. The van der Waals surface area contributed by atoms with Gasteiger partial charge in [-0.1, -0.05) is 13.3 Å². The molecule has 2 aliphatic rings. The summed E-state index contributed by atoms with van der Waals surface area (Å²) < 4.78 is 0. The SMILES string of the molecule is CCC1CC1NCCC(N)C1CC1. The third-order valence-electron chi connectivity index (χ3n) is 3.56. The van der Waals surface area contributed by atoms with Crippen molar-refractivity contribution in [2.45, 2.75) is 51.1 Å². The van der Waals surface area contributed by atoms with Gasteiger partial charge >= 0.3 is 0 Å². The van der Waals surface area contributed by atoms with Gasteiger partial charge in [-0.15, -0.1) is 0 Å². The molecule has 3 N–H and O–H groups in total. The third-order valence-corrected chi connectivity index (χ3v) is 3.56. The Kier molecular flexibility index (Phi) is 2.89. The van der Waals surface area contributed by atoms with E-state index in [0.717, 1.165) is 24.4 Å². The Morgan fingerprint density at radius 1 is 1.46 bits per heavy atom. The van der Waals surface area contributed by atoms with E-state index in [-0.39, 0.29) is 0 Å². The molecule has 2 heteroatoms. The minimum absolute atomic E-state index is 0.478. The largest absolute Gasteiger partial charge is 0.327 e. The normalized spacial score (nSPS) is 34.6. The Bertz CT molecular complexity index is 165. The van der Waals surface area contributed by atoms with E-state index in [0.29, 0.717) is 6.04 Å². The molecule has 0 aromatic rings. The molecule has 0 heterocycles. The fourth-order valence-electron chi connectivity index (χ4n) is 2.14. The van der Waals surface area contributed by atoms with E-state index in [1.807, 2.05) is 0 Å². The molecule has 0 saturated heterocycles. The topological polar surface area (TPSA) is 38.0 Å². The summed E-state index contributed by atoms with van der Waals surface area (Å²) in [6.45, 7) is 3.42. The first-order valence-electron chi connectivity index (χ1n) is 5.80. The van der Waals surface area contributed by atoms with Crippen molar-refractivity contribution in [2.24, 2.45) is 17.6 Å². The van der Waals surface area contributed by atoms with E-state index >= 15 is 0 Å². The van der Waals surface area contributed by atoms with Gasteiger partial charge in [0, 0.05) is 12.1 Å². The van der Waals surface area contributed by atoms with Crippen molar-refractivity contribution in [2.75, 3.05) is 6.54 Å². The molecule has 3 unspecified atom stereocenters. The minimum Gasteiger partial charge on any atom is -0.327 e. The van der Waals surface area contributed by atoms with Gasteiger partial charge in [-0.3, -0.25) is 0 Å². The molecule has 0 amide bonds. The van der Waals surface area contributed by atoms with Crippen LogP contribution in [-0.4, -0.2) is 18.6 Å². The Morgan fingerprint density at radius 2 is 2.23 bits per heavy atom. The summed E-state index contributed by atoms with van der Waals surface area (Å²) >= 11 is 0. The van der Waals surface area contributed by atoms with Crippen LogP contribution in [0.1, 0.15) is 39.0 Å². The van der Waals surface area contributed by atoms with Crippen molar-refractivity contribution in [3.63, 3.8) is 0 Å². The molecule has 13 heavy (non-hydrogen) atoms. The van der Waals surface area contributed by atoms with Crippen molar-refractivity contribution in [1.29, 1.82) is 0 Å². The standard InChI is InChI=1S/C11H22N2/c1-2-8-7-11(8)13-6-5-10(12)9-3-4-9/h8-11,13H,2-7,12H2,1H3. The van der Waals surface area contributed by atoms with Gasteiger partial charge in [0.15, 0.2) is 0 Å². The van der Waals surface area contributed by atoms with Gasteiger partial charge < -0.3 is 11.1 Å². The van der Waals surface area contributed by atoms with Crippen LogP contribution in [0.3, 0.4) is 0 Å². The second-order valence-corrected chi connectivity index (χ2v) is 4.75. The maximum absolute atomic E-state index is 6.01. The molecule has 0 aromatic carbocycles. The van der Waals surface area contributed by atoms with Crippen molar-refractivity contribution in [3.05, 3.63) is 0 Å². The van der Waals surface area contributed by atoms with Gasteiger partial charge in [0.2, 0.25) is 0 Å². The monoisotopic (exact) mass is 182 g/mol. The highest BCUT2D eigenvalue weighted by Crippen LogP contribution is 2.34. The van der Waals surface area contributed by atoms with Crippen LogP contribution in [-0.2, 0) is 0 Å². The summed E-state index contributed by atoms with van der Waals surface area (Å²) in [5.41, 5.74) is 6.01. The van der Waals surface area contributed by atoms with Crippen LogP contribution in [0.4, 0.5) is 0 Å². The molecule has 76 valence electrons. The predicted molar refractivity (Wildman–Crippen MR) is 55.5 cm³/mol. The highest BCUT2D eigenvalue weighted by Gasteiger charge is 2.35. The van der Waals surface area contributed by atoms with Crippen LogP contribution in [0.2, 0.25) is 0 Å². The zero-order chi connectivity index (χ0) is 9.26. The van der Waals surface area contributed by atoms with Crippen LogP contribution in [0.25, 0.3) is 0 Å². The molecule has 2 aliphatic carbocycles. The molecule has 0 bridgehead atoms. The second kappa shape index (κ2) is 3.97. The lowest BCUT2D eigenvalue weighted by Gasteiger charge is -2.10. The van der Waals surface area contributed by atoms with Crippen LogP contribution < -0.4 is 11.1 Å². The molecular weight excluding hydrogens is 160 g/mol. The first-order chi connectivity index (χ1) is 6.31. The molecule has 0 aromatic heterocycles. The smallest absolute Gasteiger partial charge is 0.00990 e. The van der Waals surface area contributed by atoms with E-state index < -0.39 is 0 Å². The highest BCUT2D eigenvalue weighted by atomic mass is 15.0. The van der Waals surface area contributed by atoms with E-state index in [4.69, 9.17) is 5.73 Å². The van der Waals surface area contributed by atoms with Crippen LogP contribution in [0.15, 0.2) is 0 Å². The number of hydrogen-bond donors (Lipinski definition) is 2. The molecular formula is C11H22N2. The molecule has 0 spiro atoms. The maximum Gasteiger partial charge on any atom is 0.00990 e. The van der Waals surface area contributed by atoms with Gasteiger partial charge in [-0.25, -0.2) is 0 Å². The number of nitrogens with two attached hydrogens (primary N) is 1. The summed E-state index contributed by atoms with van der Waals surface area (Å²) in [7, 11) is 0. The minimum atomic E-state index is 0.478. The summed E-state index contributed by atoms with van der Waals surface area (Å²) in [6.07, 6.45) is 6.67. The van der Waals surface area contributed by atoms with Crippen LogP contribution in [0.5, 0.6) is 0 Å². The summed E-state index contributed by atoms with van der Waals surface area (Å²) in [6, 6.07) is 1.31. The Labute approximate surface area is 81.3 Å². The lowest BCUT2D eigenvalue weighted by atomic mass is 10.1. The summed E-state index contributed by atoms with van der Waals surface area (Å²) in [5.74, 6) is 1.83. The zero-order valence-corrected chi connectivity index (χ0v) is 8.63. The summed E-state index contributed by atoms with van der Waals surface area (Å²) in [5, 5.41) is 3.59. The van der Waals surface area contributed by atoms with Crippen LogP contribution in [0, 0.1) is 11.8 Å². The molecule has 0 radical (unpaired) electrons. The Balaban J connectivity index is 1.49.